The molecule has 3 heterocycles. The number of carbonyl (C=O) groups excluding carboxylic acids is 2. The van der Waals surface area contributed by atoms with Crippen molar-refractivity contribution in [1.82, 2.24) is 20.2 Å². The molecule has 8 nitrogen and oxygen atoms in total. The molecule has 2 fully saturated rings. The van der Waals surface area contributed by atoms with Gasteiger partial charge in [0.1, 0.15) is 16.5 Å². The number of anilines is 1. The van der Waals surface area contributed by atoms with Gasteiger partial charge in [-0.1, -0.05) is 0 Å². The van der Waals surface area contributed by atoms with E-state index in [9.17, 15) is 9.59 Å². The lowest BCUT2D eigenvalue weighted by molar-refractivity contribution is -0.144. The minimum Gasteiger partial charge on any atom is -0.378 e. The van der Waals surface area contributed by atoms with E-state index in [0.717, 1.165) is 34.7 Å². The maximum absolute atomic E-state index is 13.2. The fourth-order valence-corrected chi connectivity index (χ4v) is 5.58. The van der Waals surface area contributed by atoms with E-state index in [1.165, 1.54) is 10.4 Å². The Balaban J connectivity index is 1.56. The molecular formula is C23H33N5O3S. The van der Waals surface area contributed by atoms with E-state index in [-0.39, 0.29) is 23.8 Å². The summed E-state index contributed by atoms with van der Waals surface area (Å²) in [4.78, 5) is 41.2. The topological polar surface area (TPSA) is 87.7 Å². The predicted octanol–water partition coefficient (Wildman–Crippen LogP) is 2.59. The van der Waals surface area contributed by atoms with E-state index >= 15 is 0 Å². The Bertz CT molecular complexity index is 1000. The summed E-state index contributed by atoms with van der Waals surface area (Å²) >= 11 is 1.69. The number of fused-ring (bicyclic) bond motifs is 1. The van der Waals surface area contributed by atoms with Crippen molar-refractivity contribution in [2.24, 2.45) is 5.92 Å². The van der Waals surface area contributed by atoms with Gasteiger partial charge in [-0.25, -0.2) is 9.97 Å². The van der Waals surface area contributed by atoms with Crippen LogP contribution in [0.5, 0.6) is 0 Å². The zero-order chi connectivity index (χ0) is 22.8. The number of aromatic nitrogens is 2. The van der Waals surface area contributed by atoms with Gasteiger partial charge in [-0.3, -0.25) is 9.59 Å². The zero-order valence-corrected chi connectivity index (χ0v) is 20.3. The van der Waals surface area contributed by atoms with Crippen molar-refractivity contribution in [2.45, 2.75) is 53.1 Å². The lowest BCUT2D eigenvalue weighted by Crippen LogP contribution is -2.49. The summed E-state index contributed by atoms with van der Waals surface area (Å²) in [5.41, 5.74) is 1.20. The van der Waals surface area contributed by atoms with Gasteiger partial charge in [0.15, 0.2) is 0 Å². The number of aryl methyl sites for hydroxylation is 3. The second-order valence-corrected chi connectivity index (χ2v) is 9.92. The molecular weight excluding hydrogens is 426 g/mol. The van der Waals surface area contributed by atoms with Gasteiger partial charge in [0.25, 0.3) is 0 Å². The number of hydrogen-bond acceptors (Lipinski definition) is 7. The van der Waals surface area contributed by atoms with Gasteiger partial charge in [-0.15, -0.1) is 11.3 Å². The number of nitrogens with one attached hydrogen (secondary N) is 1. The summed E-state index contributed by atoms with van der Waals surface area (Å²) in [7, 11) is 0. The summed E-state index contributed by atoms with van der Waals surface area (Å²) in [5.74, 6) is 1.76. The molecule has 2 aromatic heterocycles. The molecule has 1 saturated carbocycles. The Labute approximate surface area is 193 Å². The van der Waals surface area contributed by atoms with Crippen molar-refractivity contribution in [3.05, 3.63) is 16.3 Å². The average Bonchev–Trinajstić information content (AvgIpc) is 3.01. The maximum Gasteiger partial charge on any atom is 0.225 e. The van der Waals surface area contributed by atoms with Crippen LogP contribution in [0.1, 0.15) is 42.5 Å². The molecule has 0 atom stereocenters. The first kappa shape index (κ1) is 22.9. The van der Waals surface area contributed by atoms with Crippen molar-refractivity contribution in [1.29, 1.82) is 0 Å². The van der Waals surface area contributed by atoms with Crippen LogP contribution in [0.4, 0.5) is 5.82 Å². The van der Waals surface area contributed by atoms with Gasteiger partial charge in [-0.2, -0.15) is 0 Å². The van der Waals surface area contributed by atoms with Gasteiger partial charge < -0.3 is 19.9 Å². The Morgan fingerprint density at radius 2 is 1.94 bits per heavy atom. The smallest absolute Gasteiger partial charge is 0.225 e. The zero-order valence-electron chi connectivity index (χ0n) is 19.4. The van der Waals surface area contributed by atoms with E-state index in [4.69, 9.17) is 9.72 Å². The van der Waals surface area contributed by atoms with Crippen LogP contribution in [0, 0.1) is 26.7 Å². The highest BCUT2D eigenvalue weighted by atomic mass is 32.1. The molecule has 1 saturated heterocycles. The number of ether oxygens (including phenoxy) is 1. The minimum absolute atomic E-state index is 0.000714. The summed E-state index contributed by atoms with van der Waals surface area (Å²) in [6, 6.07) is 0. The summed E-state index contributed by atoms with van der Waals surface area (Å²) in [6.45, 7) is 11.7. The molecule has 9 heteroatoms. The molecule has 4 rings (SSSR count). The molecule has 0 spiro atoms. The molecule has 1 aliphatic carbocycles. The van der Waals surface area contributed by atoms with E-state index in [1.54, 1.807) is 11.3 Å². The highest BCUT2D eigenvalue weighted by molar-refractivity contribution is 7.18. The van der Waals surface area contributed by atoms with Crippen molar-refractivity contribution in [2.75, 3.05) is 44.2 Å². The number of amides is 2. The number of rotatable bonds is 4. The molecule has 1 N–H and O–H groups in total. The van der Waals surface area contributed by atoms with Crippen LogP contribution in [0.3, 0.4) is 0 Å². The second kappa shape index (κ2) is 9.70. The Kier molecular flexibility index (Phi) is 6.95. The van der Waals surface area contributed by atoms with Crippen LogP contribution < -0.4 is 10.2 Å². The lowest BCUT2D eigenvalue weighted by Gasteiger charge is -2.38. The van der Waals surface area contributed by atoms with Crippen molar-refractivity contribution in [3.63, 3.8) is 0 Å². The predicted molar refractivity (Wildman–Crippen MR) is 126 cm³/mol. The average molecular weight is 460 g/mol. The summed E-state index contributed by atoms with van der Waals surface area (Å²) in [5, 5.41) is 4.08. The molecule has 0 bridgehead atoms. The van der Waals surface area contributed by atoms with Gasteiger partial charge in [0, 0.05) is 56.5 Å². The standard InChI is InChI=1S/C23H33N5O3S/c1-5-31-18-12-17(13-18)23(30)28-8-6-19(29)24-7-9-27(10-11-28)21-20-14(2)15(3)32-22(20)26-16(4)25-21/h17-18H,5-13H2,1-4H3,(H,24,29). The Morgan fingerprint density at radius 3 is 2.69 bits per heavy atom. The molecule has 1 aliphatic heterocycles. The normalized spacial score (nSPS) is 22.6. The van der Waals surface area contributed by atoms with Crippen LogP contribution in [0.15, 0.2) is 0 Å². The first-order chi connectivity index (χ1) is 15.4. The molecule has 174 valence electrons. The van der Waals surface area contributed by atoms with E-state index in [0.29, 0.717) is 45.8 Å². The Hall–Kier alpha value is -2.26. The third-order valence-electron chi connectivity index (χ3n) is 6.53. The van der Waals surface area contributed by atoms with Crippen LogP contribution in [0.25, 0.3) is 10.2 Å². The lowest BCUT2D eigenvalue weighted by atomic mass is 9.81. The quantitative estimate of drug-likeness (QED) is 0.756. The largest absolute Gasteiger partial charge is 0.378 e. The third kappa shape index (κ3) is 4.73. The first-order valence-corrected chi connectivity index (χ1v) is 12.3. The second-order valence-electron chi connectivity index (χ2n) is 8.72. The number of hydrogen-bond donors (Lipinski definition) is 1. The molecule has 2 aliphatic rings. The maximum atomic E-state index is 13.2. The van der Waals surface area contributed by atoms with Gasteiger partial charge in [0.2, 0.25) is 11.8 Å². The SMILES string of the molecule is CCOC1CC(C(=O)N2CCC(=O)NCCN(c3nc(C)nc4sc(C)c(C)c34)CC2)C1. The van der Waals surface area contributed by atoms with Crippen molar-refractivity contribution in [3.8, 4) is 0 Å². The monoisotopic (exact) mass is 459 g/mol. The number of thiophene rings is 1. The fraction of sp³-hybridized carbons (Fsp3) is 0.652. The number of nitrogens with zero attached hydrogens (tertiary/aromatic N) is 4. The number of carbonyl (C=O) groups is 2. The highest BCUT2D eigenvalue weighted by Gasteiger charge is 2.37. The van der Waals surface area contributed by atoms with Crippen molar-refractivity contribution >= 4 is 39.2 Å². The van der Waals surface area contributed by atoms with Gasteiger partial charge >= 0.3 is 0 Å². The first-order valence-electron chi connectivity index (χ1n) is 11.5. The molecule has 0 radical (unpaired) electrons. The van der Waals surface area contributed by atoms with E-state index in [1.807, 2.05) is 18.7 Å². The molecule has 2 amide bonds. The third-order valence-corrected chi connectivity index (χ3v) is 7.63. The van der Waals surface area contributed by atoms with Crippen molar-refractivity contribution < 1.29 is 14.3 Å². The van der Waals surface area contributed by atoms with Crippen LogP contribution in [-0.2, 0) is 14.3 Å². The van der Waals surface area contributed by atoms with E-state index in [2.05, 4.69) is 29.0 Å². The summed E-state index contributed by atoms with van der Waals surface area (Å²) < 4.78 is 5.63. The molecule has 32 heavy (non-hydrogen) atoms. The van der Waals surface area contributed by atoms with Crippen LogP contribution in [0.2, 0.25) is 0 Å². The van der Waals surface area contributed by atoms with Crippen LogP contribution in [-0.4, -0.2) is 72.1 Å². The Morgan fingerprint density at radius 1 is 1.16 bits per heavy atom. The fourth-order valence-electron chi connectivity index (χ4n) is 4.51. The van der Waals surface area contributed by atoms with Gasteiger partial charge in [-0.05, 0) is 46.1 Å². The highest BCUT2D eigenvalue weighted by Crippen LogP contribution is 2.35. The molecule has 0 aromatic carbocycles. The molecule has 2 aromatic rings. The minimum atomic E-state index is -0.0166. The van der Waals surface area contributed by atoms with E-state index < -0.39 is 0 Å². The van der Waals surface area contributed by atoms with Crippen LogP contribution >= 0.6 is 11.3 Å². The summed E-state index contributed by atoms with van der Waals surface area (Å²) in [6.07, 6.45) is 2.08. The van der Waals surface area contributed by atoms with Gasteiger partial charge in [0.05, 0.1) is 11.5 Å². The molecule has 0 unspecified atom stereocenters.